The lowest BCUT2D eigenvalue weighted by molar-refractivity contribution is -0.377. The van der Waals surface area contributed by atoms with Crippen LogP contribution in [0.1, 0.15) is 13.3 Å². The Balaban J connectivity index is 2.49. The number of aldehydes is 1. The quantitative estimate of drug-likeness (QED) is 0.0744. The Labute approximate surface area is 243 Å². The molecule has 20 heteroatoms. The molecule has 0 aromatic carbocycles. The summed E-state index contributed by atoms with van der Waals surface area (Å²) >= 11 is 0. The highest BCUT2D eigenvalue weighted by Gasteiger charge is 2.59. The summed E-state index contributed by atoms with van der Waals surface area (Å²) < 4.78 is 21.5. The molecule has 250 valence electrons. The predicted molar refractivity (Wildman–Crippen MR) is 131 cm³/mol. The van der Waals surface area contributed by atoms with Crippen LogP contribution >= 0.6 is 0 Å². The summed E-state index contributed by atoms with van der Waals surface area (Å²) in [5, 5.41) is 124. The molecular weight excluding hydrogens is 594 g/mol. The number of aliphatic hydroxyl groups is 11. The fourth-order valence-electron chi connectivity index (χ4n) is 4.71. The van der Waals surface area contributed by atoms with E-state index in [0.717, 1.165) is 6.92 Å². The maximum atomic E-state index is 12.5. The van der Waals surface area contributed by atoms with Gasteiger partial charge in [0.2, 0.25) is 5.91 Å². The number of aliphatic hydroxyl groups excluding tert-OH is 11. The SMILES string of the molecule is CC(=O)N[C@H]1[C@H]([C@H](O)[C@H](O)CO)O[C@@](O[C@H]2[C@@H](O)[C@@H](CO)O[C@@H](O[C@@H]([C@H](O)[C@@H](O)C=O)[C@H](O)CO)[C@@H]2O)(C(=O)O)C[C@@H]1O. The molecule has 0 aromatic rings. The van der Waals surface area contributed by atoms with Gasteiger partial charge < -0.3 is 90.3 Å². The Hall–Kier alpha value is -1.99. The van der Waals surface area contributed by atoms with E-state index in [2.05, 4.69) is 5.32 Å². The normalized spacial score (nSPS) is 37.4. The van der Waals surface area contributed by atoms with Crippen LogP contribution < -0.4 is 5.32 Å². The number of hydrogen-bond donors (Lipinski definition) is 13. The van der Waals surface area contributed by atoms with Crippen LogP contribution in [0.5, 0.6) is 0 Å². The number of nitrogens with one attached hydrogen (secondary N) is 1. The highest BCUT2D eigenvalue weighted by molar-refractivity contribution is 5.76. The maximum absolute atomic E-state index is 12.5. The third-order valence-corrected chi connectivity index (χ3v) is 7.02. The molecule has 43 heavy (non-hydrogen) atoms. The minimum atomic E-state index is -3.07. The topological polar surface area (TPSA) is 343 Å². The lowest BCUT2D eigenvalue weighted by atomic mass is 9.88. The molecule has 20 nitrogen and oxygen atoms in total. The van der Waals surface area contributed by atoms with Crippen molar-refractivity contribution in [2.24, 2.45) is 0 Å². The Bertz CT molecular complexity index is 927. The maximum Gasteiger partial charge on any atom is 0.364 e. The monoisotopic (exact) mass is 633 g/mol. The Morgan fingerprint density at radius 1 is 1.02 bits per heavy atom. The Morgan fingerprint density at radius 2 is 1.63 bits per heavy atom. The van der Waals surface area contributed by atoms with Crippen LogP contribution in [0.15, 0.2) is 0 Å². The molecule has 2 aliphatic rings. The number of carbonyl (C=O) groups is 3. The average molecular weight is 634 g/mol. The number of rotatable bonds is 15. The third kappa shape index (κ3) is 8.39. The average Bonchev–Trinajstić information content (AvgIpc) is 2.97. The van der Waals surface area contributed by atoms with Crippen molar-refractivity contribution in [2.75, 3.05) is 19.8 Å². The van der Waals surface area contributed by atoms with Crippen LogP contribution in [0.4, 0.5) is 0 Å². The van der Waals surface area contributed by atoms with Gasteiger partial charge >= 0.3 is 5.97 Å². The van der Waals surface area contributed by atoms with Gasteiger partial charge in [0.1, 0.15) is 67.1 Å². The second kappa shape index (κ2) is 15.8. The molecule has 2 aliphatic heterocycles. The number of amides is 1. The fourth-order valence-corrected chi connectivity index (χ4v) is 4.71. The summed E-state index contributed by atoms with van der Waals surface area (Å²) in [5.41, 5.74) is 0. The molecule has 0 spiro atoms. The molecule has 2 saturated heterocycles. The number of ether oxygens (including phenoxy) is 4. The van der Waals surface area contributed by atoms with E-state index in [1.807, 2.05) is 0 Å². The summed E-state index contributed by atoms with van der Waals surface area (Å²) in [6.07, 6.45) is -28.0. The molecule has 0 saturated carbocycles. The molecule has 0 radical (unpaired) electrons. The first-order valence-electron chi connectivity index (χ1n) is 13.0. The fraction of sp³-hybridized carbons (Fsp3) is 0.870. The Morgan fingerprint density at radius 3 is 2.12 bits per heavy atom. The molecular formula is C23H39NO19. The van der Waals surface area contributed by atoms with Crippen molar-refractivity contribution in [2.45, 2.75) is 105 Å². The highest BCUT2D eigenvalue weighted by Crippen LogP contribution is 2.37. The van der Waals surface area contributed by atoms with Gasteiger partial charge in [-0.3, -0.25) is 4.79 Å². The minimum Gasteiger partial charge on any atom is -0.477 e. The van der Waals surface area contributed by atoms with E-state index in [1.54, 1.807) is 0 Å². The van der Waals surface area contributed by atoms with Crippen molar-refractivity contribution >= 4 is 18.2 Å². The van der Waals surface area contributed by atoms with Crippen molar-refractivity contribution in [3.05, 3.63) is 0 Å². The molecule has 0 aromatic heterocycles. The summed E-state index contributed by atoms with van der Waals surface area (Å²) in [7, 11) is 0. The van der Waals surface area contributed by atoms with Crippen LogP contribution in [0.25, 0.3) is 0 Å². The first kappa shape index (κ1) is 37.2. The molecule has 0 unspecified atom stereocenters. The second-order valence-electron chi connectivity index (χ2n) is 10.1. The van der Waals surface area contributed by atoms with Gasteiger partial charge in [0.05, 0.1) is 32.0 Å². The third-order valence-electron chi connectivity index (χ3n) is 7.02. The van der Waals surface area contributed by atoms with E-state index in [0.29, 0.717) is 0 Å². The molecule has 15 atom stereocenters. The van der Waals surface area contributed by atoms with Crippen LogP contribution in [0.3, 0.4) is 0 Å². The summed E-state index contributed by atoms with van der Waals surface area (Å²) in [4.78, 5) is 35.2. The van der Waals surface area contributed by atoms with Gasteiger partial charge in [-0.05, 0) is 0 Å². The van der Waals surface area contributed by atoms with Crippen LogP contribution in [-0.4, -0.2) is 191 Å². The lowest BCUT2D eigenvalue weighted by Gasteiger charge is -2.50. The van der Waals surface area contributed by atoms with Gasteiger partial charge in [-0.2, -0.15) is 0 Å². The molecule has 1 amide bonds. The van der Waals surface area contributed by atoms with Gasteiger partial charge in [0.15, 0.2) is 12.6 Å². The van der Waals surface area contributed by atoms with Crippen LogP contribution in [0, 0.1) is 0 Å². The summed E-state index contributed by atoms with van der Waals surface area (Å²) in [6, 6.07) is -1.57. The zero-order valence-corrected chi connectivity index (χ0v) is 22.7. The summed E-state index contributed by atoms with van der Waals surface area (Å²) in [5.74, 6) is -5.85. The number of carboxylic acid groups (broad SMARTS) is 1. The van der Waals surface area contributed by atoms with E-state index in [1.165, 1.54) is 0 Å². The standard InChI is InChI=1S/C23H39NO19/c1-7(29)24-13-8(30)2-23(22(38)39,42-19(13)15(35)10(32)4-26)43-20-16(36)12(6-28)40-21(17(20)37)41-18(11(33)5-27)14(34)9(31)3-25/h3,8-21,26-28,30-37H,2,4-6H2,1H3,(H,24,29)(H,38,39)/t8-,9-,10+,11+,12+,13+,14+,15+,16-,17+,18+,19+,20-,21-,23-/m0/s1. The Kier molecular flexibility index (Phi) is 13.7. The van der Waals surface area contributed by atoms with Crippen molar-refractivity contribution in [3.63, 3.8) is 0 Å². The first-order chi connectivity index (χ1) is 20.1. The smallest absolute Gasteiger partial charge is 0.364 e. The van der Waals surface area contributed by atoms with E-state index in [4.69, 9.17) is 18.9 Å². The van der Waals surface area contributed by atoms with Gasteiger partial charge in [-0.25, -0.2) is 4.79 Å². The van der Waals surface area contributed by atoms with Gasteiger partial charge in [0, 0.05) is 13.3 Å². The minimum absolute atomic E-state index is 0.134. The van der Waals surface area contributed by atoms with Crippen molar-refractivity contribution < 1.29 is 94.6 Å². The molecule has 0 bridgehead atoms. The van der Waals surface area contributed by atoms with Crippen LogP contribution in [0.2, 0.25) is 0 Å². The largest absolute Gasteiger partial charge is 0.477 e. The van der Waals surface area contributed by atoms with Gasteiger partial charge in [0.25, 0.3) is 5.79 Å². The van der Waals surface area contributed by atoms with Gasteiger partial charge in [-0.1, -0.05) is 0 Å². The first-order valence-corrected chi connectivity index (χ1v) is 13.0. The van der Waals surface area contributed by atoms with Crippen molar-refractivity contribution in [1.29, 1.82) is 0 Å². The zero-order chi connectivity index (χ0) is 32.8. The van der Waals surface area contributed by atoms with Crippen molar-refractivity contribution in [1.82, 2.24) is 5.32 Å². The number of carboxylic acids is 1. The van der Waals surface area contributed by atoms with E-state index in [-0.39, 0.29) is 6.29 Å². The van der Waals surface area contributed by atoms with E-state index in [9.17, 15) is 75.7 Å². The zero-order valence-electron chi connectivity index (χ0n) is 22.7. The number of hydrogen-bond acceptors (Lipinski definition) is 18. The summed E-state index contributed by atoms with van der Waals surface area (Å²) in [6.45, 7) is -2.18. The molecule has 2 fully saturated rings. The molecule has 2 rings (SSSR count). The molecule has 13 N–H and O–H groups in total. The van der Waals surface area contributed by atoms with E-state index < -0.39 is 129 Å². The van der Waals surface area contributed by atoms with E-state index >= 15 is 0 Å². The number of carbonyl (C=O) groups excluding carboxylic acids is 2. The molecule has 2 heterocycles. The highest BCUT2D eigenvalue weighted by atomic mass is 16.8. The second-order valence-corrected chi connectivity index (χ2v) is 10.1. The lowest BCUT2D eigenvalue weighted by Crippen LogP contribution is -2.70. The number of aliphatic carboxylic acids is 1. The van der Waals surface area contributed by atoms with Crippen molar-refractivity contribution in [3.8, 4) is 0 Å². The predicted octanol–water partition coefficient (Wildman–Crippen LogP) is -8.38. The van der Waals surface area contributed by atoms with Gasteiger partial charge in [-0.15, -0.1) is 0 Å². The van der Waals surface area contributed by atoms with Crippen LogP contribution in [-0.2, 0) is 33.3 Å². The molecule has 0 aliphatic carbocycles.